The molecule has 0 aromatic heterocycles. The van der Waals surface area contributed by atoms with Gasteiger partial charge in [-0.1, -0.05) is 66.7 Å². The molecule has 0 N–H and O–H groups in total. The maximum Gasteiger partial charge on any atom is 0.200 e. The summed E-state index contributed by atoms with van der Waals surface area (Å²) in [6, 6.07) is 22.8. The summed E-state index contributed by atoms with van der Waals surface area (Å²) in [5, 5.41) is 8.92. The van der Waals surface area contributed by atoms with Crippen molar-refractivity contribution in [3.8, 4) is 6.07 Å². The molecule has 1 heterocycles. The zero-order valence-corrected chi connectivity index (χ0v) is 19.7. The molecular formula is C31H29N2O+. The molecule has 34 heavy (non-hydrogen) atoms. The third-order valence-corrected chi connectivity index (χ3v) is 5.90. The molecule has 3 nitrogen and oxygen atoms in total. The molecule has 1 aliphatic carbocycles. The van der Waals surface area contributed by atoms with E-state index in [4.69, 9.17) is 10.00 Å². The van der Waals surface area contributed by atoms with Gasteiger partial charge in [0.25, 0.3) is 0 Å². The molecule has 1 aliphatic heterocycles. The van der Waals surface area contributed by atoms with Crippen LogP contribution >= 0.6 is 0 Å². The summed E-state index contributed by atoms with van der Waals surface area (Å²) < 4.78 is 8.52. The van der Waals surface area contributed by atoms with E-state index in [-0.39, 0.29) is 0 Å². The maximum atomic E-state index is 8.92. The standard InChI is InChI=1S/C31H29N2O/c1-3-33(20-10-19-32)29-17-15-25(24(2)21-29)16-18-30-22-28(26-11-6-4-7-12-26)23-31(34-30)27-13-8-5-9-14-27/h4-9,11-18,21-23H,3,10,20H2,1-2H3/q+1. The van der Waals surface area contributed by atoms with Gasteiger partial charge in [0.1, 0.15) is 18.1 Å². The van der Waals surface area contributed by atoms with Crippen LogP contribution in [0, 0.1) is 11.3 Å². The second kappa shape index (κ2) is 11.1. The van der Waals surface area contributed by atoms with Crippen LogP contribution < -0.4 is 0 Å². The van der Waals surface area contributed by atoms with Crippen molar-refractivity contribution >= 4 is 17.0 Å². The molecule has 168 valence electrons. The molecule has 2 aromatic carbocycles. The van der Waals surface area contributed by atoms with Crippen molar-refractivity contribution < 1.29 is 9.31 Å². The van der Waals surface area contributed by atoms with Gasteiger partial charge < -0.3 is 4.74 Å². The Morgan fingerprint density at radius 2 is 1.59 bits per heavy atom. The zero-order valence-electron chi connectivity index (χ0n) is 19.7. The van der Waals surface area contributed by atoms with Gasteiger partial charge in [0.15, 0.2) is 12.3 Å². The van der Waals surface area contributed by atoms with Crippen molar-refractivity contribution in [2.24, 2.45) is 0 Å². The van der Waals surface area contributed by atoms with E-state index in [0.29, 0.717) is 6.42 Å². The number of hydrogen-bond acceptors (Lipinski definition) is 2. The number of benzene rings is 2. The molecule has 4 rings (SSSR count). The topological polar surface area (TPSA) is 36.0 Å². The van der Waals surface area contributed by atoms with Crippen molar-refractivity contribution in [3.05, 3.63) is 131 Å². The molecule has 0 fully saturated rings. The monoisotopic (exact) mass is 445 g/mol. The summed E-state index contributed by atoms with van der Waals surface area (Å²) in [5.41, 5.74) is 6.80. The summed E-state index contributed by atoms with van der Waals surface area (Å²) in [7, 11) is 0. The van der Waals surface area contributed by atoms with Crippen LogP contribution in [0.15, 0.2) is 120 Å². The normalized spacial score (nSPS) is 19.1. The van der Waals surface area contributed by atoms with E-state index < -0.39 is 0 Å². The Labute approximate surface area is 202 Å². The minimum Gasteiger partial charge on any atom is -0.457 e. The lowest BCUT2D eigenvalue weighted by atomic mass is 9.98. The van der Waals surface area contributed by atoms with Gasteiger partial charge in [-0.15, -0.1) is 0 Å². The first-order valence-corrected chi connectivity index (χ1v) is 11.7. The van der Waals surface area contributed by atoms with Gasteiger partial charge in [0.05, 0.1) is 12.5 Å². The van der Waals surface area contributed by atoms with Crippen LogP contribution in [0.2, 0.25) is 0 Å². The number of rotatable bonds is 6. The van der Waals surface area contributed by atoms with Gasteiger partial charge in [-0.2, -0.15) is 5.26 Å². The quantitative estimate of drug-likeness (QED) is 0.456. The second-order valence-corrected chi connectivity index (χ2v) is 8.21. The number of hydrogen-bond donors (Lipinski definition) is 0. The van der Waals surface area contributed by atoms with E-state index in [1.54, 1.807) is 0 Å². The van der Waals surface area contributed by atoms with Crippen LogP contribution in [0.4, 0.5) is 0 Å². The van der Waals surface area contributed by atoms with Gasteiger partial charge in [-0.05, 0) is 60.4 Å². The molecule has 3 heteroatoms. The van der Waals surface area contributed by atoms with Crippen molar-refractivity contribution in [1.82, 2.24) is 0 Å². The number of allylic oxidation sites excluding steroid dienone is 10. The fourth-order valence-corrected chi connectivity index (χ4v) is 4.02. The van der Waals surface area contributed by atoms with Crippen molar-refractivity contribution in [2.75, 3.05) is 13.1 Å². The smallest absolute Gasteiger partial charge is 0.200 e. The molecule has 0 radical (unpaired) electrons. The van der Waals surface area contributed by atoms with E-state index in [1.165, 1.54) is 5.57 Å². The Kier molecular flexibility index (Phi) is 7.53. The van der Waals surface area contributed by atoms with E-state index in [2.05, 4.69) is 97.3 Å². The van der Waals surface area contributed by atoms with Crippen LogP contribution in [0.25, 0.3) is 11.3 Å². The number of nitrogens with zero attached hydrogens (tertiary/aromatic N) is 2. The highest BCUT2D eigenvalue weighted by Gasteiger charge is 2.15. The lowest BCUT2D eigenvalue weighted by molar-refractivity contribution is -0.521. The fraction of sp³-hybridized carbons (Fsp3) is 0.161. The first kappa shape index (κ1) is 23.0. The lowest BCUT2D eigenvalue weighted by Crippen LogP contribution is -2.21. The summed E-state index contributed by atoms with van der Waals surface area (Å²) in [6.45, 7) is 5.86. The molecule has 0 bridgehead atoms. The molecule has 0 saturated heterocycles. The Morgan fingerprint density at radius 3 is 2.24 bits per heavy atom. The van der Waals surface area contributed by atoms with Gasteiger partial charge in [-0.3, -0.25) is 0 Å². The van der Waals surface area contributed by atoms with Crippen LogP contribution in [0.3, 0.4) is 0 Å². The molecule has 0 amide bonds. The number of ether oxygens (including phenoxy) is 1. The largest absolute Gasteiger partial charge is 0.457 e. The van der Waals surface area contributed by atoms with E-state index in [1.807, 2.05) is 30.3 Å². The second-order valence-electron chi connectivity index (χ2n) is 8.21. The Hall–Kier alpha value is -4.16. The minimum atomic E-state index is 0.525. The van der Waals surface area contributed by atoms with E-state index in [0.717, 1.165) is 52.6 Å². The third kappa shape index (κ3) is 5.60. The Balaban J connectivity index is 1.65. The molecule has 0 atom stereocenters. The summed E-state index contributed by atoms with van der Waals surface area (Å²) in [6.07, 6.45) is 15.3. The predicted octanol–water partition coefficient (Wildman–Crippen LogP) is 6.85. The fourth-order valence-electron chi connectivity index (χ4n) is 4.02. The molecule has 2 aliphatic rings. The Bertz CT molecular complexity index is 1290. The van der Waals surface area contributed by atoms with E-state index >= 15 is 0 Å². The van der Waals surface area contributed by atoms with Crippen molar-refractivity contribution in [3.63, 3.8) is 0 Å². The molecule has 0 saturated carbocycles. The molecule has 0 spiro atoms. The highest BCUT2D eigenvalue weighted by molar-refractivity contribution is 6.03. The zero-order chi connectivity index (χ0) is 23.8. The van der Waals surface area contributed by atoms with Crippen LogP contribution in [0.1, 0.15) is 31.4 Å². The van der Waals surface area contributed by atoms with Gasteiger partial charge >= 0.3 is 0 Å². The molecule has 2 aromatic rings. The average Bonchev–Trinajstić information content (AvgIpc) is 2.89. The summed E-state index contributed by atoms with van der Waals surface area (Å²) in [5.74, 6) is 1.64. The predicted molar refractivity (Wildman–Crippen MR) is 140 cm³/mol. The maximum absolute atomic E-state index is 8.92. The SMILES string of the molecule is CC[N+](CCC#N)=C1C=CC(=CC=C2C=C(c3ccccc3)C=C(c3ccccc3)O2)C(C)=C1. The summed E-state index contributed by atoms with van der Waals surface area (Å²) >= 11 is 0. The van der Waals surface area contributed by atoms with Gasteiger partial charge in [0, 0.05) is 17.7 Å². The third-order valence-electron chi connectivity index (χ3n) is 5.90. The van der Waals surface area contributed by atoms with E-state index in [9.17, 15) is 0 Å². The van der Waals surface area contributed by atoms with Gasteiger partial charge in [-0.25, -0.2) is 4.58 Å². The van der Waals surface area contributed by atoms with Crippen molar-refractivity contribution in [2.45, 2.75) is 20.3 Å². The highest BCUT2D eigenvalue weighted by Crippen LogP contribution is 2.32. The first-order chi connectivity index (χ1) is 16.7. The summed E-state index contributed by atoms with van der Waals surface area (Å²) in [4.78, 5) is 0. The van der Waals surface area contributed by atoms with Crippen molar-refractivity contribution in [1.29, 1.82) is 5.26 Å². The minimum absolute atomic E-state index is 0.525. The Morgan fingerprint density at radius 1 is 0.882 bits per heavy atom. The number of nitriles is 1. The lowest BCUT2D eigenvalue weighted by Gasteiger charge is -2.18. The molecular weight excluding hydrogens is 416 g/mol. The van der Waals surface area contributed by atoms with Gasteiger partial charge in [0.2, 0.25) is 0 Å². The first-order valence-electron chi connectivity index (χ1n) is 11.7. The van der Waals surface area contributed by atoms with Crippen LogP contribution in [-0.2, 0) is 4.74 Å². The average molecular weight is 446 g/mol. The highest BCUT2D eigenvalue weighted by atomic mass is 16.5. The van der Waals surface area contributed by atoms with Crippen LogP contribution in [0.5, 0.6) is 0 Å². The van der Waals surface area contributed by atoms with Crippen LogP contribution in [-0.4, -0.2) is 23.4 Å². The molecule has 0 unspecified atom stereocenters.